The molecule has 5 heteroatoms. The summed E-state index contributed by atoms with van der Waals surface area (Å²) in [5, 5.41) is 13.6. The van der Waals surface area contributed by atoms with Crippen LogP contribution in [0.5, 0.6) is 5.75 Å². The van der Waals surface area contributed by atoms with Gasteiger partial charge in [0.2, 0.25) is 5.79 Å². The summed E-state index contributed by atoms with van der Waals surface area (Å²) in [6.07, 6.45) is 4.70. The third-order valence-electron chi connectivity index (χ3n) is 7.96. The van der Waals surface area contributed by atoms with Gasteiger partial charge in [-0.2, -0.15) is 0 Å². The van der Waals surface area contributed by atoms with Crippen LogP contribution in [-0.2, 0) is 14.9 Å². The van der Waals surface area contributed by atoms with Crippen molar-refractivity contribution in [3.8, 4) is 5.75 Å². The Morgan fingerprint density at radius 2 is 2.03 bits per heavy atom. The predicted octanol–water partition coefficient (Wildman–Crippen LogP) is 6.11. The normalized spacial score (nSPS) is 34.5. The molecule has 1 heterocycles. The third kappa shape index (κ3) is 3.06. The number of carbonyl (C=O) groups excluding carboxylic acids is 1. The minimum absolute atomic E-state index is 0.113. The molecule has 0 saturated heterocycles. The number of hydrogen-bond donors (Lipinski definition) is 1. The Labute approximate surface area is 192 Å². The highest BCUT2D eigenvalue weighted by atomic mass is 79.9. The molecule has 0 spiro atoms. The standard InChI is InChI=1S/C26H31BrO4/c1-15(2)18-10-9-16(3)13-21(18)30-24(28)25-11-6-12-26(25,29)31-23-20(27)14-17-7-4-5-8-19(17)22(23)25/h4-5,7-8,14-16,18,21,29H,6,9-13H2,1-3H3/t16-,18+,21-,25-,26-/m1/s1. The van der Waals surface area contributed by atoms with Gasteiger partial charge < -0.3 is 14.6 Å². The highest BCUT2D eigenvalue weighted by molar-refractivity contribution is 9.10. The van der Waals surface area contributed by atoms with Gasteiger partial charge >= 0.3 is 5.97 Å². The van der Waals surface area contributed by atoms with Crippen molar-refractivity contribution in [3.63, 3.8) is 0 Å². The summed E-state index contributed by atoms with van der Waals surface area (Å²) in [4.78, 5) is 14.0. The number of rotatable bonds is 3. The topological polar surface area (TPSA) is 55.8 Å². The molecule has 166 valence electrons. The van der Waals surface area contributed by atoms with Crippen LogP contribution in [0, 0.1) is 17.8 Å². The number of carbonyl (C=O) groups is 1. The van der Waals surface area contributed by atoms with Gasteiger partial charge in [0.1, 0.15) is 11.9 Å². The van der Waals surface area contributed by atoms with Crippen LogP contribution < -0.4 is 4.74 Å². The molecule has 0 unspecified atom stereocenters. The van der Waals surface area contributed by atoms with Crippen molar-refractivity contribution < 1.29 is 19.4 Å². The van der Waals surface area contributed by atoms with E-state index in [9.17, 15) is 9.90 Å². The Morgan fingerprint density at radius 1 is 1.26 bits per heavy atom. The Bertz CT molecular complexity index is 1030. The fourth-order valence-corrected chi connectivity index (χ4v) is 6.82. The minimum atomic E-state index is -1.56. The summed E-state index contributed by atoms with van der Waals surface area (Å²) >= 11 is 3.62. The second kappa shape index (κ2) is 7.48. The molecule has 0 amide bonds. The van der Waals surface area contributed by atoms with E-state index in [2.05, 4.69) is 36.7 Å². The fourth-order valence-electron chi connectivity index (χ4n) is 6.30. The van der Waals surface area contributed by atoms with Gasteiger partial charge in [-0.25, -0.2) is 0 Å². The molecule has 2 aliphatic carbocycles. The maximum absolute atomic E-state index is 14.0. The van der Waals surface area contributed by atoms with E-state index in [1.54, 1.807) is 0 Å². The molecule has 1 N–H and O–H groups in total. The smallest absolute Gasteiger partial charge is 0.323 e. The molecule has 3 aliphatic rings. The number of benzene rings is 2. The lowest BCUT2D eigenvalue weighted by molar-refractivity contribution is -0.195. The molecule has 0 aromatic heterocycles. The van der Waals surface area contributed by atoms with Gasteiger partial charge in [0.25, 0.3) is 0 Å². The van der Waals surface area contributed by atoms with Crippen molar-refractivity contribution in [2.75, 3.05) is 0 Å². The summed E-state index contributed by atoms with van der Waals surface area (Å²) in [7, 11) is 0. The number of ether oxygens (including phenoxy) is 2. The van der Waals surface area contributed by atoms with Gasteiger partial charge in [0.15, 0.2) is 5.41 Å². The maximum atomic E-state index is 14.0. The molecule has 2 saturated carbocycles. The lowest BCUT2D eigenvalue weighted by Crippen LogP contribution is -2.54. The number of halogens is 1. The van der Waals surface area contributed by atoms with E-state index in [1.165, 1.54) is 6.42 Å². The van der Waals surface area contributed by atoms with Gasteiger partial charge in [0.05, 0.1) is 4.47 Å². The third-order valence-corrected chi connectivity index (χ3v) is 8.55. The van der Waals surface area contributed by atoms with E-state index < -0.39 is 11.2 Å². The van der Waals surface area contributed by atoms with E-state index >= 15 is 0 Å². The summed E-state index contributed by atoms with van der Waals surface area (Å²) in [6.45, 7) is 6.66. The average Bonchev–Trinajstić information content (AvgIpc) is 3.18. The summed E-state index contributed by atoms with van der Waals surface area (Å²) in [5.74, 6) is 0.0379. The summed E-state index contributed by atoms with van der Waals surface area (Å²) < 4.78 is 13.3. The van der Waals surface area contributed by atoms with Gasteiger partial charge in [-0.05, 0) is 76.2 Å². The fraction of sp³-hybridized carbons (Fsp3) is 0.577. The zero-order valence-corrected chi connectivity index (χ0v) is 20.1. The zero-order chi connectivity index (χ0) is 22.0. The first-order valence-electron chi connectivity index (χ1n) is 11.6. The first-order chi connectivity index (χ1) is 14.8. The van der Waals surface area contributed by atoms with Crippen LogP contribution in [0.2, 0.25) is 0 Å². The van der Waals surface area contributed by atoms with Gasteiger partial charge in [0, 0.05) is 12.0 Å². The second-order valence-corrected chi connectivity index (χ2v) is 11.1. The highest BCUT2D eigenvalue weighted by Crippen LogP contribution is 2.61. The van der Waals surface area contributed by atoms with Crippen LogP contribution in [0.4, 0.5) is 0 Å². The monoisotopic (exact) mass is 486 g/mol. The van der Waals surface area contributed by atoms with Crippen molar-refractivity contribution >= 4 is 32.7 Å². The van der Waals surface area contributed by atoms with E-state index in [0.29, 0.717) is 36.3 Å². The van der Waals surface area contributed by atoms with Crippen molar-refractivity contribution in [2.45, 2.75) is 76.6 Å². The molecule has 0 bridgehead atoms. The van der Waals surface area contributed by atoms with E-state index in [1.807, 2.05) is 30.3 Å². The number of fused-ring (bicyclic) bond motifs is 5. The Kier molecular flexibility index (Phi) is 5.13. The first-order valence-corrected chi connectivity index (χ1v) is 12.4. The van der Waals surface area contributed by atoms with E-state index in [0.717, 1.165) is 40.1 Å². The lowest BCUT2D eigenvalue weighted by atomic mass is 9.73. The number of esters is 1. The number of aliphatic hydroxyl groups is 1. The molecule has 2 fully saturated rings. The van der Waals surface area contributed by atoms with Gasteiger partial charge in [-0.1, -0.05) is 51.5 Å². The van der Waals surface area contributed by atoms with Gasteiger partial charge in [-0.15, -0.1) is 0 Å². The quantitative estimate of drug-likeness (QED) is 0.531. The minimum Gasteiger partial charge on any atom is -0.461 e. The van der Waals surface area contributed by atoms with E-state index in [4.69, 9.17) is 9.47 Å². The average molecular weight is 487 g/mol. The van der Waals surface area contributed by atoms with Crippen LogP contribution in [0.3, 0.4) is 0 Å². The molecule has 5 rings (SSSR count). The molecule has 1 aliphatic heterocycles. The Balaban J connectivity index is 1.62. The lowest BCUT2D eigenvalue weighted by Gasteiger charge is -2.40. The van der Waals surface area contributed by atoms with Crippen LogP contribution in [0.15, 0.2) is 34.8 Å². The molecule has 4 nitrogen and oxygen atoms in total. The summed E-state index contributed by atoms with van der Waals surface area (Å²) in [6, 6.07) is 10.0. The molecule has 5 atom stereocenters. The summed E-state index contributed by atoms with van der Waals surface area (Å²) in [5.41, 5.74) is -0.402. The highest BCUT2D eigenvalue weighted by Gasteiger charge is 2.69. The van der Waals surface area contributed by atoms with Crippen LogP contribution >= 0.6 is 15.9 Å². The van der Waals surface area contributed by atoms with Crippen LogP contribution in [0.25, 0.3) is 10.8 Å². The molecular weight excluding hydrogens is 456 g/mol. The zero-order valence-electron chi connectivity index (χ0n) is 18.5. The maximum Gasteiger partial charge on any atom is 0.323 e. The molecule has 2 aromatic rings. The largest absolute Gasteiger partial charge is 0.461 e. The Hall–Kier alpha value is -1.59. The van der Waals surface area contributed by atoms with Crippen molar-refractivity contribution in [1.29, 1.82) is 0 Å². The molecule has 2 aromatic carbocycles. The van der Waals surface area contributed by atoms with Crippen LogP contribution in [0.1, 0.15) is 64.9 Å². The predicted molar refractivity (Wildman–Crippen MR) is 124 cm³/mol. The first kappa shape index (κ1) is 21.3. The van der Waals surface area contributed by atoms with E-state index in [-0.39, 0.29) is 12.1 Å². The molecule has 0 radical (unpaired) electrons. The van der Waals surface area contributed by atoms with Crippen molar-refractivity contribution in [3.05, 3.63) is 40.4 Å². The van der Waals surface area contributed by atoms with Gasteiger partial charge in [-0.3, -0.25) is 4.79 Å². The van der Waals surface area contributed by atoms with Crippen molar-refractivity contribution in [1.82, 2.24) is 0 Å². The van der Waals surface area contributed by atoms with Crippen LogP contribution in [-0.4, -0.2) is 23.0 Å². The van der Waals surface area contributed by atoms with Crippen molar-refractivity contribution in [2.24, 2.45) is 17.8 Å². The Morgan fingerprint density at radius 3 is 2.81 bits per heavy atom. The molecule has 31 heavy (non-hydrogen) atoms. The second-order valence-electron chi connectivity index (χ2n) is 10.2. The SMILES string of the molecule is CC(C)[C@@H]1CC[C@@H](C)C[C@H]1OC(=O)[C@]12CCC[C@@]1(O)Oc1c(Br)cc3ccccc3c12. The molecular formula is C26H31BrO4. The number of hydrogen-bond acceptors (Lipinski definition) is 4.